The number of nitrogens with one attached hydrogen (secondary N) is 2. The lowest BCUT2D eigenvalue weighted by Crippen LogP contribution is -2.43. The number of urea groups is 1. The van der Waals surface area contributed by atoms with Gasteiger partial charge in [-0.05, 0) is 17.5 Å². The van der Waals surface area contributed by atoms with Gasteiger partial charge in [0.05, 0.1) is 6.54 Å². The number of nitrogens with zero attached hydrogens (tertiary/aromatic N) is 1. The number of rotatable bonds is 7. The lowest BCUT2D eigenvalue weighted by Gasteiger charge is -2.21. The first-order valence-corrected chi connectivity index (χ1v) is 7.99. The van der Waals surface area contributed by atoms with Gasteiger partial charge < -0.3 is 5.32 Å². The van der Waals surface area contributed by atoms with Crippen LogP contribution in [-0.2, 0) is 17.8 Å². The average molecular weight is 325 g/mol. The normalized spacial score (nSPS) is 10.4. The molecule has 2 aromatic rings. The molecule has 0 saturated carbocycles. The van der Waals surface area contributed by atoms with E-state index in [0.717, 1.165) is 18.5 Å². The maximum Gasteiger partial charge on any atom is 0.321 e. The molecule has 0 bridgehead atoms. The van der Waals surface area contributed by atoms with Crippen LogP contribution in [0.15, 0.2) is 60.7 Å². The smallest absolute Gasteiger partial charge is 0.321 e. The van der Waals surface area contributed by atoms with Crippen molar-refractivity contribution in [3.05, 3.63) is 71.8 Å². The first-order valence-electron chi connectivity index (χ1n) is 7.99. The number of benzene rings is 2. The summed E-state index contributed by atoms with van der Waals surface area (Å²) in [7, 11) is 1.49. The molecule has 126 valence electrons. The van der Waals surface area contributed by atoms with Gasteiger partial charge in [0.1, 0.15) is 0 Å². The summed E-state index contributed by atoms with van der Waals surface area (Å²) in [5.41, 5.74) is 2.36. The Morgan fingerprint density at radius 2 is 1.50 bits per heavy atom. The monoisotopic (exact) mass is 325 g/mol. The van der Waals surface area contributed by atoms with Gasteiger partial charge in [0.15, 0.2) is 0 Å². The summed E-state index contributed by atoms with van der Waals surface area (Å²) in [6.45, 7) is 1.57. The highest BCUT2D eigenvalue weighted by Gasteiger charge is 2.13. The summed E-state index contributed by atoms with van der Waals surface area (Å²) < 4.78 is 0. The second kappa shape index (κ2) is 9.47. The van der Waals surface area contributed by atoms with Crippen LogP contribution in [0.1, 0.15) is 11.1 Å². The summed E-state index contributed by atoms with van der Waals surface area (Å²) in [4.78, 5) is 25.3. The number of hydrogen-bond acceptors (Lipinski definition) is 3. The number of carbonyl (C=O) groups is 2. The summed E-state index contributed by atoms with van der Waals surface area (Å²) in [5.74, 6) is -0.307. The second-order valence-corrected chi connectivity index (χ2v) is 5.56. The third kappa shape index (κ3) is 6.22. The number of carbonyl (C=O) groups excluding carboxylic acids is 2. The first-order chi connectivity index (χ1) is 11.7. The molecule has 2 rings (SSSR count). The fraction of sp³-hybridized carbons (Fsp3) is 0.263. The van der Waals surface area contributed by atoms with E-state index in [1.807, 2.05) is 53.4 Å². The van der Waals surface area contributed by atoms with E-state index >= 15 is 0 Å². The van der Waals surface area contributed by atoms with Gasteiger partial charge in [-0.2, -0.15) is 0 Å². The van der Waals surface area contributed by atoms with E-state index in [2.05, 4.69) is 22.8 Å². The molecule has 0 fully saturated rings. The van der Waals surface area contributed by atoms with Gasteiger partial charge in [-0.25, -0.2) is 4.79 Å². The van der Waals surface area contributed by atoms with Crippen molar-refractivity contribution in [1.29, 1.82) is 0 Å². The van der Waals surface area contributed by atoms with E-state index in [1.165, 1.54) is 12.6 Å². The van der Waals surface area contributed by atoms with Crippen LogP contribution in [0.5, 0.6) is 0 Å². The van der Waals surface area contributed by atoms with Crippen LogP contribution in [0, 0.1) is 0 Å². The molecule has 3 amide bonds. The van der Waals surface area contributed by atoms with E-state index in [4.69, 9.17) is 0 Å². The average Bonchev–Trinajstić information content (AvgIpc) is 2.61. The van der Waals surface area contributed by atoms with E-state index in [0.29, 0.717) is 6.54 Å². The van der Waals surface area contributed by atoms with Crippen LogP contribution in [0.25, 0.3) is 0 Å². The lowest BCUT2D eigenvalue weighted by molar-refractivity contribution is -0.121. The molecule has 24 heavy (non-hydrogen) atoms. The second-order valence-electron chi connectivity index (χ2n) is 5.56. The van der Waals surface area contributed by atoms with Crippen LogP contribution in [-0.4, -0.2) is 37.0 Å². The molecule has 0 aromatic heterocycles. The van der Waals surface area contributed by atoms with Gasteiger partial charge in [-0.15, -0.1) is 0 Å². The van der Waals surface area contributed by atoms with Crippen molar-refractivity contribution in [1.82, 2.24) is 15.5 Å². The Morgan fingerprint density at radius 3 is 2.08 bits per heavy atom. The van der Waals surface area contributed by atoms with E-state index in [-0.39, 0.29) is 12.5 Å². The van der Waals surface area contributed by atoms with Gasteiger partial charge in [0.25, 0.3) is 0 Å². The van der Waals surface area contributed by atoms with Gasteiger partial charge >= 0.3 is 6.03 Å². The topological polar surface area (TPSA) is 61.4 Å². The van der Waals surface area contributed by atoms with Gasteiger partial charge in [-0.1, -0.05) is 60.7 Å². The van der Waals surface area contributed by atoms with Crippen molar-refractivity contribution in [3.8, 4) is 0 Å². The molecule has 0 atom stereocenters. The van der Waals surface area contributed by atoms with Gasteiger partial charge in [0.2, 0.25) is 5.91 Å². The zero-order valence-electron chi connectivity index (χ0n) is 13.9. The Morgan fingerprint density at radius 1 is 0.917 bits per heavy atom. The molecule has 5 heteroatoms. The van der Waals surface area contributed by atoms with Crippen molar-refractivity contribution < 1.29 is 9.59 Å². The fourth-order valence-corrected chi connectivity index (χ4v) is 2.42. The SMILES string of the molecule is CNC(=O)NC(=O)CN(CCc1ccccc1)Cc1ccccc1. The van der Waals surface area contributed by atoms with E-state index < -0.39 is 6.03 Å². The number of amides is 3. The Bertz CT molecular complexity index is 644. The quantitative estimate of drug-likeness (QED) is 0.820. The Hall–Kier alpha value is -2.66. The minimum absolute atomic E-state index is 0.176. The highest BCUT2D eigenvalue weighted by molar-refractivity contribution is 5.95. The summed E-state index contributed by atoms with van der Waals surface area (Å²) >= 11 is 0. The maximum absolute atomic E-state index is 12.0. The molecule has 0 radical (unpaired) electrons. The van der Waals surface area contributed by atoms with Crippen LogP contribution < -0.4 is 10.6 Å². The minimum atomic E-state index is -0.484. The highest BCUT2D eigenvalue weighted by atomic mass is 16.2. The summed E-state index contributed by atoms with van der Waals surface area (Å²) in [6, 6.07) is 19.7. The summed E-state index contributed by atoms with van der Waals surface area (Å²) in [6.07, 6.45) is 0.848. The van der Waals surface area contributed by atoms with Crippen LogP contribution in [0.3, 0.4) is 0 Å². The Labute approximate surface area is 142 Å². The molecule has 0 heterocycles. The molecule has 0 aliphatic rings. The molecule has 5 nitrogen and oxygen atoms in total. The predicted molar refractivity (Wildman–Crippen MR) is 94.5 cm³/mol. The highest BCUT2D eigenvalue weighted by Crippen LogP contribution is 2.07. The zero-order valence-corrected chi connectivity index (χ0v) is 13.9. The molecule has 0 unspecified atom stereocenters. The molecule has 2 N–H and O–H groups in total. The lowest BCUT2D eigenvalue weighted by atomic mass is 10.1. The molecule has 0 aliphatic carbocycles. The predicted octanol–water partition coefficient (Wildman–Crippen LogP) is 2.19. The van der Waals surface area contributed by atoms with Gasteiger partial charge in [0, 0.05) is 20.1 Å². The fourth-order valence-electron chi connectivity index (χ4n) is 2.42. The maximum atomic E-state index is 12.0. The first kappa shape index (κ1) is 17.7. The molecule has 0 aliphatic heterocycles. The van der Waals surface area contributed by atoms with Crippen molar-refractivity contribution in [2.24, 2.45) is 0 Å². The van der Waals surface area contributed by atoms with Crippen LogP contribution in [0.2, 0.25) is 0 Å². The molecule has 0 saturated heterocycles. The van der Waals surface area contributed by atoms with E-state index in [1.54, 1.807) is 0 Å². The Kier molecular flexibility index (Phi) is 6.98. The molecule has 2 aromatic carbocycles. The third-order valence-corrected chi connectivity index (χ3v) is 3.66. The molecule has 0 spiro atoms. The van der Waals surface area contributed by atoms with Crippen molar-refractivity contribution in [2.45, 2.75) is 13.0 Å². The molecular weight excluding hydrogens is 302 g/mol. The Balaban J connectivity index is 1.97. The number of imide groups is 1. The van der Waals surface area contributed by atoms with Crippen LogP contribution >= 0.6 is 0 Å². The summed E-state index contributed by atoms with van der Waals surface area (Å²) in [5, 5.41) is 4.70. The van der Waals surface area contributed by atoms with Gasteiger partial charge in [-0.3, -0.25) is 15.0 Å². The van der Waals surface area contributed by atoms with Crippen molar-refractivity contribution >= 4 is 11.9 Å². The van der Waals surface area contributed by atoms with Crippen molar-refractivity contribution in [2.75, 3.05) is 20.1 Å². The minimum Gasteiger partial charge on any atom is -0.341 e. The zero-order chi connectivity index (χ0) is 17.2. The largest absolute Gasteiger partial charge is 0.341 e. The third-order valence-electron chi connectivity index (χ3n) is 3.66. The number of hydrogen-bond donors (Lipinski definition) is 2. The standard InChI is InChI=1S/C19H23N3O2/c1-20-19(24)21-18(23)15-22(14-17-10-6-3-7-11-17)13-12-16-8-4-2-5-9-16/h2-11H,12-15H2,1H3,(H2,20,21,23,24). The van der Waals surface area contributed by atoms with Crippen LogP contribution in [0.4, 0.5) is 4.79 Å². The van der Waals surface area contributed by atoms with E-state index in [9.17, 15) is 9.59 Å². The van der Waals surface area contributed by atoms with Crippen molar-refractivity contribution in [3.63, 3.8) is 0 Å². The molecular formula is C19H23N3O2.